The maximum absolute atomic E-state index is 13.6. The number of benzene rings is 1. The van der Waals surface area contributed by atoms with Crippen LogP contribution in [-0.4, -0.2) is 4.98 Å². The number of aromatic nitrogens is 1. The average molecular weight is 393 g/mol. The molecule has 19 heavy (non-hydrogen) atoms. The number of aryl methyl sites for hydroxylation is 1. The Kier molecular flexibility index (Phi) is 4.52. The molecular formula is C13H9Br2F2NO. The molecule has 1 aromatic carbocycles. The summed E-state index contributed by atoms with van der Waals surface area (Å²) in [6.07, 6.45) is 1.61. The van der Waals surface area contributed by atoms with E-state index in [2.05, 4.69) is 36.8 Å². The molecule has 0 aliphatic carbocycles. The lowest BCUT2D eigenvalue weighted by Crippen LogP contribution is -1.96. The van der Waals surface area contributed by atoms with Gasteiger partial charge in [0.2, 0.25) is 11.7 Å². The Hall–Kier alpha value is -1.01. The normalized spacial score (nSPS) is 10.6. The molecule has 0 aliphatic heterocycles. The Balaban J connectivity index is 2.36. The van der Waals surface area contributed by atoms with E-state index in [1.165, 1.54) is 6.07 Å². The Labute approximate surface area is 126 Å². The summed E-state index contributed by atoms with van der Waals surface area (Å²) in [7, 11) is 0. The first-order chi connectivity index (χ1) is 9.01. The van der Waals surface area contributed by atoms with Crippen LogP contribution in [-0.2, 0) is 5.33 Å². The quantitative estimate of drug-likeness (QED) is 0.534. The van der Waals surface area contributed by atoms with Crippen LogP contribution in [0.15, 0.2) is 28.9 Å². The molecule has 0 fully saturated rings. The van der Waals surface area contributed by atoms with Crippen molar-refractivity contribution in [3.05, 3.63) is 51.6 Å². The topological polar surface area (TPSA) is 22.1 Å². The van der Waals surface area contributed by atoms with Gasteiger partial charge in [0.1, 0.15) is 0 Å². The predicted molar refractivity (Wildman–Crippen MR) is 75.7 cm³/mol. The van der Waals surface area contributed by atoms with E-state index in [0.717, 1.165) is 17.2 Å². The minimum atomic E-state index is -1.03. The maximum atomic E-state index is 13.6. The Morgan fingerprint density at radius 1 is 1.26 bits per heavy atom. The highest BCUT2D eigenvalue weighted by atomic mass is 79.9. The number of ether oxygens (including phenoxy) is 1. The number of hydrogen-bond acceptors (Lipinski definition) is 2. The highest BCUT2D eigenvalue weighted by Crippen LogP contribution is 2.30. The van der Waals surface area contributed by atoms with Gasteiger partial charge in [-0.05, 0) is 30.7 Å². The van der Waals surface area contributed by atoms with Gasteiger partial charge in [-0.3, -0.25) is 0 Å². The maximum Gasteiger partial charge on any atom is 0.222 e. The van der Waals surface area contributed by atoms with Gasteiger partial charge in [0.25, 0.3) is 0 Å². The van der Waals surface area contributed by atoms with E-state index in [4.69, 9.17) is 4.74 Å². The lowest BCUT2D eigenvalue weighted by Gasteiger charge is -2.10. The molecule has 0 radical (unpaired) electrons. The zero-order valence-electron chi connectivity index (χ0n) is 9.88. The summed E-state index contributed by atoms with van der Waals surface area (Å²) >= 11 is 6.41. The first kappa shape index (κ1) is 14.4. The van der Waals surface area contributed by atoms with E-state index in [-0.39, 0.29) is 11.6 Å². The second-order valence-electron chi connectivity index (χ2n) is 3.90. The fourth-order valence-corrected chi connectivity index (χ4v) is 2.23. The molecule has 2 aromatic rings. The van der Waals surface area contributed by atoms with Gasteiger partial charge in [-0.15, -0.1) is 0 Å². The molecule has 0 spiro atoms. The van der Waals surface area contributed by atoms with Crippen molar-refractivity contribution < 1.29 is 13.5 Å². The van der Waals surface area contributed by atoms with Gasteiger partial charge >= 0.3 is 0 Å². The van der Waals surface area contributed by atoms with Crippen molar-refractivity contribution in [2.24, 2.45) is 0 Å². The second kappa shape index (κ2) is 5.96. The number of hydrogen-bond donors (Lipinski definition) is 0. The zero-order valence-corrected chi connectivity index (χ0v) is 13.1. The summed E-state index contributed by atoms with van der Waals surface area (Å²) in [4.78, 5) is 4.09. The van der Waals surface area contributed by atoms with Crippen molar-refractivity contribution in [1.82, 2.24) is 4.98 Å². The van der Waals surface area contributed by atoms with Crippen LogP contribution in [0.25, 0.3) is 0 Å². The van der Waals surface area contributed by atoms with Crippen molar-refractivity contribution in [2.45, 2.75) is 12.3 Å². The van der Waals surface area contributed by atoms with E-state index in [9.17, 15) is 8.78 Å². The molecule has 0 amide bonds. The van der Waals surface area contributed by atoms with Gasteiger partial charge in [0, 0.05) is 21.6 Å². The smallest absolute Gasteiger partial charge is 0.222 e. The Morgan fingerprint density at radius 3 is 2.63 bits per heavy atom. The standard InChI is InChI=1S/C13H9Br2F2NO/c1-7-2-8(5-14)6-18-13(7)19-11-4-9(15)3-10(16)12(11)17/h2-4,6H,5H2,1H3. The summed E-state index contributed by atoms with van der Waals surface area (Å²) < 4.78 is 32.6. The van der Waals surface area contributed by atoms with Gasteiger partial charge in [0.15, 0.2) is 11.6 Å². The van der Waals surface area contributed by atoms with Crippen LogP contribution in [0.3, 0.4) is 0 Å². The molecule has 0 N–H and O–H groups in total. The Bertz CT molecular complexity index is 620. The van der Waals surface area contributed by atoms with Gasteiger partial charge in [-0.1, -0.05) is 31.9 Å². The molecule has 1 heterocycles. The predicted octanol–water partition coefficient (Wildman–Crippen LogP) is 5.12. The molecule has 2 nitrogen and oxygen atoms in total. The molecule has 0 bridgehead atoms. The minimum absolute atomic E-state index is 0.200. The third-order valence-corrected chi connectivity index (χ3v) is 3.51. The Morgan fingerprint density at radius 2 is 2.00 bits per heavy atom. The van der Waals surface area contributed by atoms with E-state index >= 15 is 0 Å². The van der Waals surface area contributed by atoms with E-state index in [1.54, 1.807) is 13.1 Å². The molecule has 0 saturated carbocycles. The van der Waals surface area contributed by atoms with Gasteiger partial charge in [-0.2, -0.15) is 4.39 Å². The number of rotatable bonds is 3. The highest BCUT2D eigenvalue weighted by Gasteiger charge is 2.14. The molecule has 100 valence electrons. The van der Waals surface area contributed by atoms with Crippen LogP contribution >= 0.6 is 31.9 Å². The van der Waals surface area contributed by atoms with Crippen LogP contribution in [0.2, 0.25) is 0 Å². The molecule has 1 aromatic heterocycles. The van der Waals surface area contributed by atoms with Gasteiger partial charge in [0.05, 0.1) is 0 Å². The summed E-state index contributed by atoms with van der Waals surface area (Å²) in [5.41, 5.74) is 1.72. The SMILES string of the molecule is Cc1cc(CBr)cnc1Oc1cc(Br)cc(F)c1F. The van der Waals surface area contributed by atoms with Gasteiger partial charge < -0.3 is 4.74 Å². The molecule has 2 rings (SSSR count). The molecule has 0 unspecified atom stereocenters. The van der Waals surface area contributed by atoms with Crippen molar-refractivity contribution in [1.29, 1.82) is 0 Å². The fraction of sp³-hybridized carbons (Fsp3) is 0.154. The first-order valence-corrected chi connectivity index (χ1v) is 7.26. The largest absolute Gasteiger partial charge is 0.436 e. The van der Waals surface area contributed by atoms with Crippen LogP contribution < -0.4 is 4.74 Å². The van der Waals surface area contributed by atoms with Crippen molar-refractivity contribution in [2.75, 3.05) is 0 Å². The molecule has 0 aliphatic rings. The minimum Gasteiger partial charge on any atom is -0.436 e. The summed E-state index contributed by atoms with van der Waals surface area (Å²) in [6.45, 7) is 1.79. The van der Waals surface area contributed by atoms with Crippen molar-refractivity contribution in [3.8, 4) is 11.6 Å². The molecule has 0 atom stereocenters. The van der Waals surface area contributed by atoms with Crippen molar-refractivity contribution in [3.63, 3.8) is 0 Å². The number of pyridine rings is 1. The van der Waals surface area contributed by atoms with Crippen LogP contribution in [0.5, 0.6) is 11.6 Å². The fourth-order valence-electron chi connectivity index (χ4n) is 1.51. The van der Waals surface area contributed by atoms with E-state index < -0.39 is 11.6 Å². The first-order valence-electron chi connectivity index (χ1n) is 5.35. The summed E-state index contributed by atoms with van der Waals surface area (Å²) in [5.74, 6) is -1.96. The molecule has 6 heteroatoms. The third kappa shape index (κ3) is 3.30. The lowest BCUT2D eigenvalue weighted by molar-refractivity contribution is 0.402. The highest BCUT2D eigenvalue weighted by molar-refractivity contribution is 9.10. The van der Waals surface area contributed by atoms with Crippen molar-refractivity contribution >= 4 is 31.9 Å². The second-order valence-corrected chi connectivity index (χ2v) is 5.38. The van der Waals surface area contributed by atoms with E-state index in [1.807, 2.05) is 6.07 Å². The summed E-state index contributed by atoms with van der Waals surface area (Å²) in [5, 5.41) is 0.668. The number of halogens is 4. The third-order valence-electron chi connectivity index (χ3n) is 2.41. The monoisotopic (exact) mass is 391 g/mol. The van der Waals surface area contributed by atoms with Gasteiger partial charge in [-0.25, -0.2) is 9.37 Å². The average Bonchev–Trinajstić information content (AvgIpc) is 2.37. The lowest BCUT2D eigenvalue weighted by atomic mass is 10.2. The van der Waals surface area contributed by atoms with Crippen LogP contribution in [0.4, 0.5) is 8.78 Å². The summed E-state index contributed by atoms with van der Waals surface area (Å²) in [6, 6.07) is 4.26. The van der Waals surface area contributed by atoms with Crippen LogP contribution in [0, 0.1) is 18.6 Å². The van der Waals surface area contributed by atoms with Crippen LogP contribution in [0.1, 0.15) is 11.1 Å². The zero-order chi connectivity index (χ0) is 14.0. The molecular weight excluding hydrogens is 384 g/mol. The molecule has 0 saturated heterocycles. The van der Waals surface area contributed by atoms with E-state index in [0.29, 0.717) is 9.80 Å². The number of nitrogens with zero attached hydrogens (tertiary/aromatic N) is 1. The number of alkyl halides is 1.